The molecule has 0 amide bonds. The summed E-state index contributed by atoms with van der Waals surface area (Å²) >= 11 is 0. The number of methoxy groups -OCH3 is 1. The van der Waals surface area contributed by atoms with Gasteiger partial charge in [0, 0.05) is 32.9 Å². The van der Waals surface area contributed by atoms with E-state index in [1.807, 2.05) is 0 Å². The fraction of sp³-hybridized carbons (Fsp3) is 0.938. The van der Waals surface area contributed by atoms with E-state index in [0.29, 0.717) is 18.6 Å². The fourth-order valence-corrected chi connectivity index (χ4v) is 3.25. The summed E-state index contributed by atoms with van der Waals surface area (Å²) in [6.45, 7) is 9.27. The van der Waals surface area contributed by atoms with Gasteiger partial charge in [0.25, 0.3) is 0 Å². The molecule has 5 nitrogen and oxygen atoms in total. The van der Waals surface area contributed by atoms with Crippen LogP contribution < -0.4 is 5.32 Å². The van der Waals surface area contributed by atoms with Gasteiger partial charge in [-0.25, -0.2) is 0 Å². The summed E-state index contributed by atoms with van der Waals surface area (Å²) < 4.78 is 10.5. The van der Waals surface area contributed by atoms with Crippen LogP contribution in [0.25, 0.3) is 0 Å². The third-order valence-corrected chi connectivity index (χ3v) is 5.03. The molecule has 0 aromatic heterocycles. The van der Waals surface area contributed by atoms with Crippen molar-refractivity contribution in [3.63, 3.8) is 0 Å². The first-order valence-corrected chi connectivity index (χ1v) is 7.94. The van der Waals surface area contributed by atoms with Gasteiger partial charge in [-0.3, -0.25) is 4.79 Å². The average molecular weight is 301 g/mol. The summed E-state index contributed by atoms with van der Waals surface area (Å²) in [6.07, 6.45) is 2.59. The first-order chi connectivity index (χ1) is 9.91. The van der Waals surface area contributed by atoms with Crippen molar-refractivity contribution in [3.8, 4) is 0 Å². The molecule has 0 spiro atoms. The summed E-state index contributed by atoms with van der Waals surface area (Å²) in [4.78, 5) is 11.4. The van der Waals surface area contributed by atoms with E-state index in [0.717, 1.165) is 39.0 Å². The highest BCUT2D eigenvalue weighted by atomic mass is 16.5. The largest absolute Gasteiger partial charge is 0.481 e. The highest BCUT2D eigenvalue weighted by molar-refractivity contribution is 5.71. The van der Waals surface area contributed by atoms with Crippen molar-refractivity contribution in [1.82, 2.24) is 5.32 Å². The van der Waals surface area contributed by atoms with Crippen LogP contribution in [0.15, 0.2) is 0 Å². The van der Waals surface area contributed by atoms with E-state index in [1.165, 1.54) is 0 Å². The zero-order valence-electron chi connectivity index (χ0n) is 13.9. The van der Waals surface area contributed by atoms with E-state index >= 15 is 0 Å². The lowest BCUT2D eigenvalue weighted by Crippen LogP contribution is -2.51. The minimum atomic E-state index is -0.660. The number of carboxylic acids is 1. The number of nitrogens with one attached hydrogen (secondary N) is 1. The highest BCUT2D eigenvalue weighted by Crippen LogP contribution is 2.44. The standard InChI is InChI=1S/C16H31NO4/c1-12-14(17-8-11-21-10-5-9-20-4)7-6-13(15(18)19)16(12,2)3/h12-14,17H,5-11H2,1-4H3,(H,18,19). The third-order valence-electron chi connectivity index (χ3n) is 5.03. The van der Waals surface area contributed by atoms with Crippen molar-refractivity contribution in [2.45, 2.75) is 46.1 Å². The summed E-state index contributed by atoms with van der Waals surface area (Å²) in [5.41, 5.74) is -0.179. The van der Waals surface area contributed by atoms with Gasteiger partial charge >= 0.3 is 5.97 Å². The minimum absolute atomic E-state index is 0.179. The van der Waals surface area contributed by atoms with E-state index in [-0.39, 0.29) is 11.3 Å². The molecule has 1 saturated carbocycles. The molecule has 5 heteroatoms. The van der Waals surface area contributed by atoms with Gasteiger partial charge < -0.3 is 19.9 Å². The van der Waals surface area contributed by atoms with Crippen LogP contribution >= 0.6 is 0 Å². The van der Waals surface area contributed by atoms with E-state index in [4.69, 9.17) is 9.47 Å². The quantitative estimate of drug-likeness (QED) is 0.639. The van der Waals surface area contributed by atoms with Crippen molar-refractivity contribution in [1.29, 1.82) is 0 Å². The van der Waals surface area contributed by atoms with Gasteiger partial charge in [-0.1, -0.05) is 20.8 Å². The Morgan fingerprint density at radius 2 is 2.00 bits per heavy atom. The van der Waals surface area contributed by atoms with Gasteiger partial charge in [0.2, 0.25) is 0 Å². The van der Waals surface area contributed by atoms with E-state index in [9.17, 15) is 9.90 Å². The van der Waals surface area contributed by atoms with Crippen LogP contribution in [0.1, 0.15) is 40.0 Å². The zero-order chi connectivity index (χ0) is 15.9. The van der Waals surface area contributed by atoms with E-state index in [1.54, 1.807) is 7.11 Å². The maximum atomic E-state index is 11.4. The minimum Gasteiger partial charge on any atom is -0.481 e. The summed E-state index contributed by atoms with van der Waals surface area (Å²) in [7, 11) is 1.69. The summed E-state index contributed by atoms with van der Waals surface area (Å²) in [6, 6.07) is 0.373. The number of aliphatic carboxylic acids is 1. The smallest absolute Gasteiger partial charge is 0.307 e. The van der Waals surface area contributed by atoms with Gasteiger partial charge in [-0.2, -0.15) is 0 Å². The average Bonchev–Trinajstić information content (AvgIpc) is 2.41. The Kier molecular flexibility index (Phi) is 7.63. The maximum Gasteiger partial charge on any atom is 0.307 e. The molecule has 124 valence electrons. The first kappa shape index (κ1) is 18.4. The highest BCUT2D eigenvalue weighted by Gasteiger charge is 2.45. The molecule has 3 atom stereocenters. The molecule has 0 bridgehead atoms. The van der Waals surface area contributed by atoms with Crippen LogP contribution in [-0.4, -0.2) is 50.6 Å². The van der Waals surface area contributed by atoms with Crippen molar-refractivity contribution in [2.24, 2.45) is 17.3 Å². The molecule has 0 saturated heterocycles. The molecule has 0 aromatic rings. The Hall–Kier alpha value is -0.650. The topological polar surface area (TPSA) is 67.8 Å². The number of hydrogen-bond acceptors (Lipinski definition) is 4. The summed E-state index contributed by atoms with van der Waals surface area (Å²) in [5, 5.41) is 12.9. The SMILES string of the molecule is COCCCOCCNC1CCC(C(=O)O)C(C)(C)C1C. The molecular formula is C16H31NO4. The van der Waals surface area contributed by atoms with Crippen molar-refractivity contribution in [3.05, 3.63) is 0 Å². The lowest BCUT2D eigenvalue weighted by atomic mass is 9.61. The van der Waals surface area contributed by atoms with Crippen molar-refractivity contribution < 1.29 is 19.4 Å². The van der Waals surface area contributed by atoms with Crippen LogP contribution in [0.2, 0.25) is 0 Å². The van der Waals surface area contributed by atoms with Gasteiger partial charge in [0.15, 0.2) is 0 Å². The second-order valence-corrected chi connectivity index (χ2v) is 6.60. The molecule has 21 heavy (non-hydrogen) atoms. The molecule has 3 unspecified atom stereocenters. The monoisotopic (exact) mass is 301 g/mol. The predicted molar refractivity (Wildman–Crippen MR) is 82.4 cm³/mol. The van der Waals surface area contributed by atoms with Gasteiger partial charge in [-0.15, -0.1) is 0 Å². The molecule has 1 rings (SSSR count). The van der Waals surface area contributed by atoms with Crippen LogP contribution in [0.3, 0.4) is 0 Å². The first-order valence-electron chi connectivity index (χ1n) is 7.94. The molecule has 0 heterocycles. The normalized spacial score (nSPS) is 28.5. The number of ether oxygens (including phenoxy) is 2. The number of carbonyl (C=O) groups is 1. The Morgan fingerprint density at radius 3 is 2.62 bits per heavy atom. The molecule has 1 aliphatic rings. The number of carboxylic acid groups (broad SMARTS) is 1. The van der Waals surface area contributed by atoms with Crippen molar-refractivity contribution >= 4 is 5.97 Å². The van der Waals surface area contributed by atoms with Gasteiger partial charge in [-0.05, 0) is 30.6 Å². The second kappa shape index (κ2) is 8.71. The molecule has 1 aliphatic carbocycles. The molecule has 0 radical (unpaired) electrons. The fourth-order valence-electron chi connectivity index (χ4n) is 3.25. The Bertz CT molecular complexity index is 319. The Morgan fingerprint density at radius 1 is 1.29 bits per heavy atom. The lowest BCUT2D eigenvalue weighted by Gasteiger charge is -2.46. The lowest BCUT2D eigenvalue weighted by molar-refractivity contribution is -0.150. The Labute approximate surface area is 128 Å². The molecular weight excluding hydrogens is 270 g/mol. The molecule has 0 aliphatic heterocycles. The predicted octanol–water partition coefficient (Wildman–Crippen LogP) is 2.15. The van der Waals surface area contributed by atoms with E-state index in [2.05, 4.69) is 26.1 Å². The van der Waals surface area contributed by atoms with Crippen LogP contribution in [0.5, 0.6) is 0 Å². The van der Waals surface area contributed by atoms with Gasteiger partial charge in [0.1, 0.15) is 0 Å². The molecule has 1 fully saturated rings. The third kappa shape index (κ3) is 5.24. The number of rotatable bonds is 9. The van der Waals surface area contributed by atoms with Gasteiger partial charge in [0.05, 0.1) is 12.5 Å². The molecule has 2 N–H and O–H groups in total. The van der Waals surface area contributed by atoms with Crippen LogP contribution in [-0.2, 0) is 14.3 Å². The molecule has 0 aromatic carbocycles. The van der Waals surface area contributed by atoms with Crippen LogP contribution in [0.4, 0.5) is 0 Å². The van der Waals surface area contributed by atoms with E-state index < -0.39 is 5.97 Å². The summed E-state index contributed by atoms with van der Waals surface area (Å²) in [5.74, 6) is -0.566. The zero-order valence-corrected chi connectivity index (χ0v) is 13.9. The second-order valence-electron chi connectivity index (χ2n) is 6.60. The van der Waals surface area contributed by atoms with Crippen LogP contribution in [0, 0.1) is 17.3 Å². The van der Waals surface area contributed by atoms with Crippen molar-refractivity contribution in [2.75, 3.05) is 33.5 Å². The number of hydrogen-bond donors (Lipinski definition) is 2. The Balaban J connectivity index is 2.29. The maximum absolute atomic E-state index is 11.4.